The Balaban J connectivity index is 2.36. The van der Waals surface area contributed by atoms with Crippen LogP contribution in [0.5, 0.6) is 0 Å². The first-order valence-corrected chi connectivity index (χ1v) is 6.85. The lowest BCUT2D eigenvalue weighted by atomic mass is 10.1. The van der Waals surface area contributed by atoms with E-state index < -0.39 is 0 Å². The number of rotatable bonds is 5. The average molecular weight is 298 g/mol. The molecule has 108 valence electrons. The molecule has 6 heteroatoms. The molecule has 0 aliphatic heterocycles. The van der Waals surface area contributed by atoms with Crippen molar-refractivity contribution in [2.75, 3.05) is 0 Å². The number of aliphatic hydroxyl groups excluding tert-OH is 1. The highest BCUT2D eigenvalue weighted by atomic mass is 35.5. The van der Waals surface area contributed by atoms with Gasteiger partial charge in [0.25, 0.3) is 0 Å². The van der Waals surface area contributed by atoms with Gasteiger partial charge >= 0.3 is 0 Å². The van der Waals surface area contributed by atoms with Crippen LogP contribution in [0.4, 0.5) is 4.39 Å². The van der Waals surface area contributed by atoms with Crippen LogP contribution in [-0.2, 0) is 19.6 Å². The summed E-state index contributed by atoms with van der Waals surface area (Å²) in [7, 11) is 0. The Hall–Kier alpha value is -1.46. The molecule has 0 saturated carbocycles. The van der Waals surface area contributed by atoms with Crippen LogP contribution < -0.4 is 0 Å². The van der Waals surface area contributed by atoms with Crippen LogP contribution >= 0.6 is 11.6 Å². The third kappa shape index (κ3) is 3.16. The fourth-order valence-corrected chi connectivity index (χ4v) is 2.29. The van der Waals surface area contributed by atoms with Crippen LogP contribution in [-0.4, -0.2) is 19.9 Å². The van der Waals surface area contributed by atoms with Crippen molar-refractivity contribution >= 4 is 11.6 Å². The Morgan fingerprint density at radius 3 is 2.60 bits per heavy atom. The minimum Gasteiger partial charge on any atom is -0.388 e. The normalized spacial score (nSPS) is 11.3. The van der Waals surface area contributed by atoms with Gasteiger partial charge in [-0.25, -0.2) is 4.39 Å². The van der Waals surface area contributed by atoms with E-state index in [0.29, 0.717) is 34.7 Å². The average Bonchev–Trinajstić information content (AvgIpc) is 2.75. The van der Waals surface area contributed by atoms with Crippen molar-refractivity contribution in [1.82, 2.24) is 14.8 Å². The topological polar surface area (TPSA) is 50.9 Å². The highest BCUT2D eigenvalue weighted by molar-refractivity contribution is 6.31. The number of aliphatic hydroxyl groups is 1. The molecule has 4 nitrogen and oxygen atoms in total. The van der Waals surface area contributed by atoms with Crippen molar-refractivity contribution in [1.29, 1.82) is 0 Å². The van der Waals surface area contributed by atoms with Crippen LogP contribution in [0.2, 0.25) is 5.02 Å². The Labute approximate surface area is 122 Å². The number of hydrogen-bond donors (Lipinski definition) is 1. The quantitative estimate of drug-likeness (QED) is 0.923. The van der Waals surface area contributed by atoms with E-state index in [2.05, 4.69) is 24.0 Å². The zero-order valence-electron chi connectivity index (χ0n) is 11.5. The van der Waals surface area contributed by atoms with E-state index in [1.165, 1.54) is 6.07 Å². The van der Waals surface area contributed by atoms with Crippen molar-refractivity contribution in [3.8, 4) is 0 Å². The number of halogens is 2. The highest BCUT2D eigenvalue weighted by Crippen LogP contribution is 2.22. The van der Waals surface area contributed by atoms with Crippen LogP contribution in [0, 0.1) is 11.7 Å². The Morgan fingerprint density at radius 2 is 2.00 bits per heavy atom. The molecule has 2 aromatic rings. The summed E-state index contributed by atoms with van der Waals surface area (Å²) in [6.07, 6.45) is 0.255. The van der Waals surface area contributed by atoms with E-state index in [1.807, 2.05) is 4.57 Å². The maximum atomic E-state index is 13.8. The Morgan fingerprint density at radius 1 is 1.30 bits per heavy atom. The lowest BCUT2D eigenvalue weighted by Crippen LogP contribution is -2.13. The molecule has 0 aliphatic rings. The molecule has 1 aromatic carbocycles. The molecule has 0 spiro atoms. The predicted octanol–water partition coefficient (Wildman–Crippen LogP) is 2.81. The maximum Gasteiger partial charge on any atom is 0.158 e. The number of hydrogen-bond acceptors (Lipinski definition) is 3. The second kappa shape index (κ2) is 6.33. The molecule has 0 atom stereocenters. The minimum absolute atomic E-state index is 0.190. The van der Waals surface area contributed by atoms with Gasteiger partial charge in [-0.15, -0.1) is 10.2 Å². The summed E-state index contributed by atoms with van der Waals surface area (Å²) in [6, 6.07) is 4.59. The summed E-state index contributed by atoms with van der Waals surface area (Å²) < 4.78 is 15.7. The molecule has 0 radical (unpaired) electrons. The second-order valence-corrected chi connectivity index (χ2v) is 5.48. The smallest absolute Gasteiger partial charge is 0.158 e. The Kier molecular flexibility index (Phi) is 4.73. The first kappa shape index (κ1) is 14.9. The fourth-order valence-electron chi connectivity index (χ4n) is 2.06. The number of benzene rings is 1. The van der Waals surface area contributed by atoms with Crippen molar-refractivity contribution in [2.24, 2.45) is 5.92 Å². The van der Waals surface area contributed by atoms with Gasteiger partial charge in [0.1, 0.15) is 18.2 Å². The van der Waals surface area contributed by atoms with Crippen molar-refractivity contribution in [3.63, 3.8) is 0 Å². The van der Waals surface area contributed by atoms with Gasteiger partial charge in [-0.1, -0.05) is 31.5 Å². The van der Waals surface area contributed by atoms with E-state index in [-0.39, 0.29) is 18.8 Å². The molecular weight excluding hydrogens is 281 g/mol. The summed E-state index contributed by atoms with van der Waals surface area (Å²) >= 11 is 6.03. The molecule has 1 N–H and O–H groups in total. The lowest BCUT2D eigenvalue weighted by Gasteiger charge is -2.12. The summed E-state index contributed by atoms with van der Waals surface area (Å²) in [5.41, 5.74) is 0.399. The first-order valence-electron chi connectivity index (χ1n) is 6.47. The van der Waals surface area contributed by atoms with Crippen molar-refractivity contribution in [2.45, 2.75) is 33.4 Å². The standard InChI is InChI=1S/C14H17ClFN3O/c1-9(2)7-19-13(17-18-14(19)8-20)6-10-11(15)4-3-5-12(10)16/h3-5,9,20H,6-8H2,1-2H3. The molecule has 0 saturated heterocycles. The molecule has 0 fully saturated rings. The molecule has 0 bridgehead atoms. The van der Waals surface area contributed by atoms with E-state index in [9.17, 15) is 9.50 Å². The third-order valence-electron chi connectivity index (χ3n) is 2.99. The van der Waals surface area contributed by atoms with E-state index in [4.69, 9.17) is 11.6 Å². The molecule has 2 rings (SSSR count). The second-order valence-electron chi connectivity index (χ2n) is 5.07. The van der Waals surface area contributed by atoms with Crippen LogP contribution in [0.3, 0.4) is 0 Å². The summed E-state index contributed by atoms with van der Waals surface area (Å²) in [6.45, 7) is 4.59. The van der Waals surface area contributed by atoms with E-state index >= 15 is 0 Å². The molecule has 0 unspecified atom stereocenters. The van der Waals surface area contributed by atoms with Gasteiger partial charge < -0.3 is 9.67 Å². The fraction of sp³-hybridized carbons (Fsp3) is 0.429. The maximum absolute atomic E-state index is 13.8. The molecule has 0 amide bonds. The summed E-state index contributed by atoms with van der Waals surface area (Å²) in [5.74, 6) is 1.10. The highest BCUT2D eigenvalue weighted by Gasteiger charge is 2.16. The summed E-state index contributed by atoms with van der Waals surface area (Å²) in [5, 5.41) is 17.7. The van der Waals surface area contributed by atoms with Gasteiger partial charge in [0.2, 0.25) is 0 Å². The van der Waals surface area contributed by atoms with Crippen LogP contribution in [0.15, 0.2) is 18.2 Å². The van der Waals surface area contributed by atoms with Gasteiger partial charge in [-0.05, 0) is 18.1 Å². The van der Waals surface area contributed by atoms with Gasteiger partial charge in [-0.3, -0.25) is 0 Å². The van der Waals surface area contributed by atoms with E-state index in [1.54, 1.807) is 12.1 Å². The first-order chi connectivity index (χ1) is 9.52. The minimum atomic E-state index is -0.359. The number of aromatic nitrogens is 3. The molecule has 1 heterocycles. The van der Waals surface area contributed by atoms with Crippen LogP contribution in [0.25, 0.3) is 0 Å². The molecular formula is C14H17ClFN3O. The van der Waals surface area contributed by atoms with Gasteiger partial charge in [0, 0.05) is 23.6 Å². The lowest BCUT2D eigenvalue weighted by molar-refractivity contribution is 0.261. The largest absolute Gasteiger partial charge is 0.388 e. The molecule has 1 aromatic heterocycles. The molecule has 20 heavy (non-hydrogen) atoms. The Bertz CT molecular complexity index is 578. The third-order valence-corrected chi connectivity index (χ3v) is 3.34. The van der Waals surface area contributed by atoms with Gasteiger partial charge in [0.15, 0.2) is 5.82 Å². The SMILES string of the molecule is CC(C)Cn1c(CO)nnc1Cc1c(F)cccc1Cl. The van der Waals surface area contributed by atoms with E-state index in [0.717, 1.165) is 0 Å². The number of nitrogens with zero attached hydrogens (tertiary/aromatic N) is 3. The monoisotopic (exact) mass is 297 g/mol. The summed E-state index contributed by atoms with van der Waals surface area (Å²) in [4.78, 5) is 0. The zero-order valence-corrected chi connectivity index (χ0v) is 12.2. The van der Waals surface area contributed by atoms with Gasteiger partial charge in [0.05, 0.1) is 0 Å². The van der Waals surface area contributed by atoms with Gasteiger partial charge in [-0.2, -0.15) is 0 Å². The zero-order chi connectivity index (χ0) is 14.7. The predicted molar refractivity (Wildman–Crippen MR) is 75.0 cm³/mol. The van der Waals surface area contributed by atoms with Crippen molar-refractivity contribution < 1.29 is 9.50 Å². The van der Waals surface area contributed by atoms with Crippen molar-refractivity contribution in [3.05, 3.63) is 46.3 Å². The van der Waals surface area contributed by atoms with Crippen LogP contribution in [0.1, 0.15) is 31.1 Å². The molecule has 0 aliphatic carbocycles.